The Morgan fingerprint density at radius 2 is 2.00 bits per heavy atom. The second kappa shape index (κ2) is 6.69. The summed E-state index contributed by atoms with van der Waals surface area (Å²) < 4.78 is 10.6. The third-order valence-electron chi connectivity index (χ3n) is 4.26. The highest BCUT2D eigenvalue weighted by molar-refractivity contribution is 6.34. The van der Waals surface area contributed by atoms with E-state index in [-0.39, 0.29) is 12.7 Å². The number of aryl methyl sites for hydroxylation is 1. The van der Waals surface area contributed by atoms with Gasteiger partial charge in [-0.1, -0.05) is 29.8 Å². The van der Waals surface area contributed by atoms with Crippen LogP contribution in [-0.2, 0) is 11.2 Å². The lowest BCUT2D eigenvalue weighted by molar-refractivity contribution is -0.116. The van der Waals surface area contributed by atoms with Gasteiger partial charge < -0.3 is 19.8 Å². The van der Waals surface area contributed by atoms with Gasteiger partial charge >= 0.3 is 0 Å². The molecule has 4 rings (SSSR count). The second-order valence-corrected chi connectivity index (χ2v) is 6.35. The maximum Gasteiger partial charge on any atom is 0.231 e. The van der Waals surface area contributed by atoms with Crippen LogP contribution in [0.15, 0.2) is 42.6 Å². The Kier molecular flexibility index (Phi) is 4.24. The number of aromatic amines is 1. The van der Waals surface area contributed by atoms with Gasteiger partial charge in [0, 0.05) is 35.7 Å². The number of para-hydroxylation sites is 1. The highest BCUT2D eigenvalue weighted by Crippen LogP contribution is 2.39. The average Bonchev–Trinajstić information content (AvgIpc) is 3.22. The SMILES string of the molecule is O=C(CCCc1c[nH]c2ccccc12)Nc1cc2c(cc1Cl)OCO2. The summed E-state index contributed by atoms with van der Waals surface area (Å²) >= 11 is 6.18. The van der Waals surface area contributed by atoms with Crippen LogP contribution in [-0.4, -0.2) is 17.7 Å². The fourth-order valence-electron chi connectivity index (χ4n) is 3.00. The molecule has 0 atom stereocenters. The number of benzene rings is 2. The van der Waals surface area contributed by atoms with E-state index in [0.29, 0.717) is 28.6 Å². The Labute approximate surface area is 149 Å². The first kappa shape index (κ1) is 15.8. The molecular weight excluding hydrogens is 340 g/mol. The largest absolute Gasteiger partial charge is 0.454 e. The molecule has 2 heterocycles. The van der Waals surface area contributed by atoms with Crippen molar-refractivity contribution in [1.82, 2.24) is 4.98 Å². The molecule has 0 bridgehead atoms. The first-order chi connectivity index (χ1) is 12.2. The van der Waals surface area contributed by atoms with Gasteiger partial charge in [0.25, 0.3) is 0 Å². The summed E-state index contributed by atoms with van der Waals surface area (Å²) in [5.41, 5.74) is 2.89. The molecule has 128 valence electrons. The maximum absolute atomic E-state index is 12.2. The fraction of sp³-hybridized carbons (Fsp3) is 0.211. The summed E-state index contributed by atoms with van der Waals surface area (Å²) in [6.07, 6.45) is 4.03. The summed E-state index contributed by atoms with van der Waals surface area (Å²) in [6.45, 7) is 0.174. The van der Waals surface area contributed by atoms with Crippen molar-refractivity contribution < 1.29 is 14.3 Å². The number of carbonyl (C=O) groups excluding carboxylic acids is 1. The number of hydrogen-bond donors (Lipinski definition) is 2. The van der Waals surface area contributed by atoms with Crippen LogP contribution in [0.4, 0.5) is 5.69 Å². The molecule has 0 aliphatic carbocycles. The zero-order valence-corrected chi connectivity index (χ0v) is 14.2. The molecule has 0 unspecified atom stereocenters. The highest BCUT2D eigenvalue weighted by Gasteiger charge is 2.17. The minimum atomic E-state index is -0.0689. The quantitative estimate of drug-likeness (QED) is 0.707. The number of anilines is 1. The maximum atomic E-state index is 12.2. The Morgan fingerprint density at radius 3 is 2.88 bits per heavy atom. The van der Waals surface area contributed by atoms with E-state index >= 15 is 0 Å². The standard InChI is InChI=1S/C19H17ClN2O3/c20-14-8-17-18(25-11-24-17)9-16(14)22-19(23)7-3-4-12-10-21-15-6-2-1-5-13(12)15/h1-2,5-6,8-10,21H,3-4,7,11H2,(H,22,23). The predicted molar refractivity (Wildman–Crippen MR) is 97.4 cm³/mol. The molecule has 2 aromatic carbocycles. The number of ether oxygens (including phenoxy) is 2. The van der Waals surface area contributed by atoms with Crippen molar-refractivity contribution >= 4 is 34.1 Å². The molecule has 1 aliphatic heterocycles. The molecule has 1 aromatic heterocycles. The third kappa shape index (κ3) is 3.28. The molecule has 3 aromatic rings. The topological polar surface area (TPSA) is 63.4 Å². The first-order valence-corrected chi connectivity index (χ1v) is 8.52. The van der Waals surface area contributed by atoms with Crippen LogP contribution in [0.2, 0.25) is 5.02 Å². The third-order valence-corrected chi connectivity index (χ3v) is 4.57. The zero-order chi connectivity index (χ0) is 17.2. The van der Waals surface area contributed by atoms with Crippen LogP contribution in [0.5, 0.6) is 11.5 Å². The van der Waals surface area contributed by atoms with Gasteiger partial charge in [-0.25, -0.2) is 0 Å². The van der Waals surface area contributed by atoms with Crippen molar-refractivity contribution in [2.75, 3.05) is 12.1 Å². The normalized spacial score (nSPS) is 12.5. The van der Waals surface area contributed by atoms with Crippen molar-refractivity contribution in [2.45, 2.75) is 19.3 Å². The molecule has 25 heavy (non-hydrogen) atoms. The smallest absolute Gasteiger partial charge is 0.231 e. The molecule has 0 saturated carbocycles. The van der Waals surface area contributed by atoms with Crippen LogP contribution >= 0.6 is 11.6 Å². The van der Waals surface area contributed by atoms with Gasteiger partial charge in [-0.05, 0) is 24.5 Å². The minimum absolute atomic E-state index is 0.0689. The van der Waals surface area contributed by atoms with Crippen molar-refractivity contribution in [3.8, 4) is 11.5 Å². The summed E-state index contributed by atoms with van der Waals surface area (Å²) in [5.74, 6) is 1.13. The monoisotopic (exact) mass is 356 g/mol. The van der Waals surface area contributed by atoms with Crippen LogP contribution < -0.4 is 14.8 Å². The Morgan fingerprint density at radius 1 is 1.20 bits per heavy atom. The van der Waals surface area contributed by atoms with Crippen LogP contribution in [0.25, 0.3) is 10.9 Å². The van der Waals surface area contributed by atoms with E-state index in [9.17, 15) is 4.79 Å². The zero-order valence-electron chi connectivity index (χ0n) is 13.5. The molecule has 0 radical (unpaired) electrons. The molecular formula is C19H17ClN2O3. The van der Waals surface area contributed by atoms with Gasteiger partial charge in [0.15, 0.2) is 11.5 Å². The number of amides is 1. The number of nitrogens with one attached hydrogen (secondary N) is 2. The van der Waals surface area contributed by atoms with E-state index in [1.807, 2.05) is 24.4 Å². The molecule has 0 fully saturated rings. The number of hydrogen-bond acceptors (Lipinski definition) is 3. The molecule has 0 saturated heterocycles. The average molecular weight is 357 g/mol. The van der Waals surface area contributed by atoms with Gasteiger partial charge in [0.2, 0.25) is 12.7 Å². The van der Waals surface area contributed by atoms with Crippen molar-refractivity contribution in [3.63, 3.8) is 0 Å². The number of rotatable bonds is 5. The molecule has 2 N–H and O–H groups in total. The number of halogens is 1. The summed E-state index contributed by atoms with van der Waals surface area (Å²) in [4.78, 5) is 15.5. The van der Waals surface area contributed by atoms with Crippen LogP contribution in [0.3, 0.4) is 0 Å². The number of fused-ring (bicyclic) bond motifs is 2. The molecule has 5 nitrogen and oxygen atoms in total. The van der Waals surface area contributed by atoms with Gasteiger partial charge in [-0.3, -0.25) is 4.79 Å². The molecule has 1 amide bonds. The Balaban J connectivity index is 1.35. The van der Waals surface area contributed by atoms with E-state index in [4.69, 9.17) is 21.1 Å². The predicted octanol–water partition coefficient (Wildman–Crippen LogP) is 4.51. The van der Waals surface area contributed by atoms with E-state index < -0.39 is 0 Å². The highest BCUT2D eigenvalue weighted by atomic mass is 35.5. The van der Waals surface area contributed by atoms with Crippen LogP contribution in [0.1, 0.15) is 18.4 Å². The number of carbonyl (C=O) groups is 1. The van der Waals surface area contributed by atoms with E-state index in [0.717, 1.165) is 18.4 Å². The summed E-state index contributed by atoms with van der Waals surface area (Å²) in [5, 5.41) is 4.49. The summed E-state index contributed by atoms with van der Waals surface area (Å²) in [7, 11) is 0. The van der Waals surface area contributed by atoms with Crippen molar-refractivity contribution in [3.05, 3.63) is 53.2 Å². The van der Waals surface area contributed by atoms with Gasteiger partial charge in [-0.2, -0.15) is 0 Å². The van der Waals surface area contributed by atoms with Gasteiger partial charge in [0.05, 0.1) is 10.7 Å². The van der Waals surface area contributed by atoms with Gasteiger partial charge in [0.1, 0.15) is 0 Å². The lowest BCUT2D eigenvalue weighted by atomic mass is 10.1. The molecule has 6 heteroatoms. The molecule has 1 aliphatic rings. The first-order valence-electron chi connectivity index (χ1n) is 8.15. The lowest BCUT2D eigenvalue weighted by Crippen LogP contribution is -2.11. The summed E-state index contributed by atoms with van der Waals surface area (Å²) in [6, 6.07) is 11.5. The number of H-pyrrole nitrogens is 1. The van der Waals surface area contributed by atoms with Crippen molar-refractivity contribution in [1.29, 1.82) is 0 Å². The van der Waals surface area contributed by atoms with Crippen LogP contribution in [0, 0.1) is 0 Å². The number of aromatic nitrogens is 1. The fourth-order valence-corrected chi connectivity index (χ4v) is 3.20. The molecule has 0 spiro atoms. The lowest BCUT2D eigenvalue weighted by Gasteiger charge is -2.08. The van der Waals surface area contributed by atoms with E-state index in [1.54, 1.807) is 12.1 Å². The van der Waals surface area contributed by atoms with Crippen molar-refractivity contribution in [2.24, 2.45) is 0 Å². The Hall–Kier alpha value is -2.66. The van der Waals surface area contributed by atoms with E-state index in [2.05, 4.69) is 16.4 Å². The minimum Gasteiger partial charge on any atom is -0.454 e. The Bertz CT molecular complexity index is 936. The van der Waals surface area contributed by atoms with Gasteiger partial charge in [-0.15, -0.1) is 0 Å². The van der Waals surface area contributed by atoms with E-state index in [1.165, 1.54) is 10.9 Å². The second-order valence-electron chi connectivity index (χ2n) is 5.95.